The van der Waals surface area contributed by atoms with E-state index in [0.717, 1.165) is 4.90 Å². The van der Waals surface area contributed by atoms with E-state index in [4.69, 9.17) is 5.11 Å². The van der Waals surface area contributed by atoms with E-state index in [2.05, 4.69) is 0 Å². The van der Waals surface area contributed by atoms with Gasteiger partial charge < -0.3 is 10.0 Å². The molecule has 2 heterocycles. The summed E-state index contributed by atoms with van der Waals surface area (Å²) in [7, 11) is 0. The van der Waals surface area contributed by atoms with Crippen molar-refractivity contribution in [3.8, 4) is 0 Å². The number of likely N-dealkylation sites (tertiary alicyclic amines) is 1. The monoisotopic (exact) mass is 297 g/mol. The molecule has 0 saturated carbocycles. The second-order valence-electron chi connectivity index (χ2n) is 5.24. The molecule has 2 aliphatic rings. The van der Waals surface area contributed by atoms with Gasteiger partial charge >= 0.3 is 5.97 Å². The Kier molecular flexibility index (Phi) is 4.89. The van der Waals surface area contributed by atoms with Gasteiger partial charge in [-0.05, 0) is 0 Å². The van der Waals surface area contributed by atoms with E-state index in [1.54, 1.807) is 9.80 Å². The lowest BCUT2D eigenvalue weighted by atomic mass is 10.2. The molecule has 0 bridgehead atoms. The van der Waals surface area contributed by atoms with Crippen LogP contribution in [0.3, 0.4) is 0 Å². The first kappa shape index (κ1) is 15.4. The third-order valence-electron chi connectivity index (χ3n) is 3.79. The van der Waals surface area contributed by atoms with Gasteiger partial charge in [-0.25, -0.2) is 0 Å². The fraction of sp³-hybridized carbons (Fsp3) is 0.692. The number of carbonyl (C=O) groups is 4. The smallest absolute Gasteiger partial charge is 0.317 e. The van der Waals surface area contributed by atoms with E-state index in [-0.39, 0.29) is 50.1 Å². The van der Waals surface area contributed by atoms with Crippen molar-refractivity contribution in [1.82, 2.24) is 14.7 Å². The summed E-state index contributed by atoms with van der Waals surface area (Å²) in [6.07, 6.45) is 0.609. The van der Waals surface area contributed by atoms with E-state index in [9.17, 15) is 19.2 Å². The van der Waals surface area contributed by atoms with Gasteiger partial charge in [0.15, 0.2) is 0 Å². The van der Waals surface area contributed by atoms with Crippen molar-refractivity contribution in [2.45, 2.75) is 19.3 Å². The minimum absolute atomic E-state index is 0.0151. The summed E-state index contributed by atoms with van der Waals surface area (Å²) in [5.41, 5.74) is 0. The van der Waals surface area contributed by atoms with E-state index >= 15 is 0 Å². The molecule has 2 aliphatic heterocycles. The minimum atomic E-state index is -0.874. The molecule has 0 aromatic rings. The molecular weight excluding hydrogens is 278 g/mol. The summed E-state index contributed by atoms with van der Waals surface area (Å²) >= 11 is 0. The van der Waals surface area contributed by atoms with Gasteiger partial charge in [-0.15, -0.1) is 0 Å². The molecule has 0 aromatic carbocycles. The van der Waals surface area contributed by atoms with Crippen LogP contribution in [0.25, 0.3) is 0 Å². The summed E-state index contributed by atoms with van der Waals surface area (Å²) in [5.74, 6) is -1.39. The minimum Gasteiger partial charge on any atom is -0.480 e. The van der Waals surface area contributed by atoms with Crippen molar-refractivity contribution in [2.75, 3.05) is 39.3 Å². The normalized spacial score (nSPS) is 20.2. The molecule has 8 heteroatoms. The summed E-state index contributed by atoms with van der Waals surface area (Å²) < 4.78 is 0. The number of hydrogen-bond acceptors (Lipinski definition) is 5. The average molecular weight is 297 g/mol. The topological polar surface area (TPSA) is 98.2 Å². The zero-order valence-electron chi connectivity index (χ0n) is 11.8. The van der Waals surface area contributed by atoms with Crippen molar-refractivity contribution in [2.24, 2.45) is 0 Å². The number of nitrogens with zero attached hydrogens (tertiary/aromatic N) is 3. The maximum Gasteiger partial charge on any atom is 0.317 e. The Hall–Kier alpha value is -1.96. The molecule has 8 nitrogen and oxygen atoms in total. The van der Waals surface area contributed by atoms with Gasteiger partial charge in [0, 0.05) is 52.0 Å². The first-order valence-electron chi connectivity index (χ1n) is 7.02. The quantitative estimate of drug-likeness (QED) is 0.637. The largest absolute Gasteiger partial charge is 0.480 e. The number of aliphatic carboxylic acids is 1. The van der Waals surface area contributed by atoms with Crippen LogP contribution in [0, 0.1) is 0 Å². The fourth-order valence-corrected chi connectivity index (χ4v) is 2.58. The second kappa shape index (κ2) is 6.66. The number of carboxylic acids is 1. The predicted octanol–water partition coefficient (Wildman–Crippen LogP) is -1.25. The third kappa shape index (κ3) is 4.01. The Morgan fingerprint density at radius 2 is 1.57 bits per heavy atom. The highest BCUT2D eigenvalue weighted by Crippen LogP contribution is 2.12. The molecular formula is C13H19N3O5. The summed E-state index contributed by atoms with van der Waals surface area (Å²) in [4.78, 5) is 50.1. The molecule has 0 spiro atoms. The maximum atomic E-state index is 12.0. The van der Waals surface area contributed by atoms with Gasteiger partial charge in [-0.2, -0.15) is 0 Å². The highest BCUT2D eigenvalue weighted by molar-refractivity contribution is 6.02. The van der Waals surface area contributed by atoms with Crippen LogP contribution in [-0.4, -0.2) is 82.8 Å². The fourth-order valence-electron chi connectivity index (χ4n) is 2.58. The summed E-state index contributed by atoms with van der Waals surface area (Å²) in [6, 6.07) is 0. The van der Waals surface area contributed by atoms with E-state index in [0.29, 0.717) is 26.2 Å². The van der Waals surface area contributed by atoms with Crippen molar-refractivity contribution >= 4 is 23.7 Å². The first-order valence-corrected chi connectivity index (χ1v) is 7.02. The predicted molar refractivity (Wildman–Crippen MR) is 71.2 cm³/mol. The highest BCUT2D eigenvalue weighted by Gasteiger charge is 2.30. The number of rotatable bonds is 5. The lowest BCUT2D eigenvalue weighted by Gasteiger charge is -2.34. The molecule has 3 amide bonds. The SMILES string of the molecule is O=C(O)CN1CCN(C(=O)CCN2C(=O)CCC2=O)CC1. The number of hydrogen-bond donors (Lipinski definition) is 1. The molecule has 1 N–H and O–H groups in total. The molecule has 0 aromatic heterocycles. The van der Waals surface area contributed by atoms with Crippen molar-refractivity contribution in [3.05, 3.63) is 0 Å². The molecule has 116 valence electrons. The molecule has 2 saturated heterocycles. The third-order valence-corrected chi connectivity index (χ3v) is 3.79. The lowest BCUT2D eigenvalue weighted by molar-refractivity contribution is -0.139. The van der Waals surface area contributed by atoms with Gasteiger partial charge in [0.05, 0.1) is 6.54 Å². The number of amides is 3. The average Bonchev–Trinajstić information content (AvgIpc) is 2.75. The Morgan fingerprint density at radius 3 is 2.10 bits per heavy atom. The molecule has 2 fully saturated rings. The van der Waals surface area contributed by atoms with Gasteiger partial charge in [0.2, 0.25) is 17.7 Å². The Bertz CT molecular complexity index is 441. The van der Waals surface area contributed by atoms with Crippen LogP contribution in [0.1, 0.15) is 19.3 Å². The summed E-state index contributed by atoms with van der Waals surface area (Å²) in [6.45, 7) is 2.14. The molecule has 0 atom stereocenters. The van der Waals surface area contributed by atoms with Crippen molar-refractivity contribution < 1.29 is 24.3 Å². The molecule has 2 rings (SSSR count). The van der Waals surface area contributed by atoms with Crippen molar-refractivity contribution in [3.63, 3.8) is 0 Å². The van der Waals surface area contributed by atoms with Crippen LogP contribution in [0.15, 0.2) is 0 Å². The van der Waals surface area contributed by atoms with Crippen LogP contribution in [0.2, 0.25) is 0 Å². The van der Waals surface area contributed by atoms with Gasteiger partial charge in [0.25, 0.3) is 0 Å². The highest BCUT2D eigenvalue weighted by atomic mass is 16.4. The molecule has 0 aliphatic carbocycles. The second-order valence-corrected chi connectivity index (χ2v) is 5.24. The molecule has 0 unspecified atom stereocenters. The summed E-state index contributed by atoms with van der Waals surface area (Å²) in [5, 5.41) is 8.70. The van der Waals surface area contributed by atoms with Crippen LogP contribution in [-0.2, 0) is 19.2 Å². The van der Waals surface area contributed by atoms with Crippen LogP contribution in [0.5, 0.6) is 0 Å². The van der Waals surface area contributed by atoms with E-state index in [1.165, 1.54) is 0 Å². The zero-order chi connectivity index (χ0) is 15.4. The van der Waals surface area contributed by atoms with Crippen LogP contribution < -0.4 is 0 Å². The Labute approximate surface area is 122 Å². The number of carboxylic acid groups (broad SMARTS) is 1. The number of piperazine rings is 1. The van der Waals surface area contributed by atoms with Gasteiger partial charge in [-0.3, -0.25) is 29.0 Å². The molecule has 21 heavy (non-hydrogen) atoms. The standard InChI is InChI=1S/C13H19N3O5/c17-10(3-4-16-11(18)1-2-12(16)19)15-7-5-14(6-8-15)9-13(20)21/h1-9H2,(H,20,21). The Morgan fingerprint density at radius 1 is 1.00 bits per heavy atom. The van der Waals surface area contributed by atoms with Crippen molar-refractivity contribution in [1.29, 1.82) is 0 Å². The molecule has 0 radical (unpaired) electrons. The first-order chi connectivity index (χ1) is 9.97. The van der Waals surface area contributed by atoms with E-state index < -0.39 is 5.97 Å². The Balaban J connectivity index is 1.73. The number of carbonyl (C=O) groups excluding carboxylic acids is 3. The van der Waals surface area contributed by atoms with Crippen LogP contribution in [0.4, 0.5) is 0 Å². The van der Waals surface area contributed by atoms with Gasteiger partial charge in [-0.1, -0.05) is 0 Å². The van der Waals surface area contributed by atoms with E-state index in [1.807, 2.05) is 0 Å². The van der Waals surface area contributed by atoms with Crippen LogP contribution >= 0.6 is 0 Å². The lowest BCUT2D eigenvalue weighted by Crippen LogP contribution is -2.50. The zero-order valence-corrected chi connectivity index (χ0v) is 11.8. The van der Waals surface area contributed by atoms with Gasteiger partial charge in [0.1, 0.15) is 0 Å². The number of imide groups is 1. The maximum absolute atomic E-state index is 12.0.